The number of aromatic nitrogens is 1. The number of hydrogen-bond donors (Lipinski definition) is 0. The van der Waals surface area contributed by atoms with E-state index in [0.717, 1.165) is 42.3 Å². The van der Waals surface area contributed by atoms with Gasteiger partial charge < -0.3 is 14.1 Å². The lowest BCUT2D eigenvalue weighted by Gasteiger charge is -2.23. The minimum atomic E-state index is 0.318. The van der Waals surface area contributed by atoms with Crippen LogP contribution in [0.25, 0.3) is 11.1 Å². The summed E-state index contributed by atoms with van der Waals surface area (Å²) in [7, 11) is 1.69. The van der Waals surface area contributed by atoms with Gasteiger partial charge in [-0.15, -0.1) is 0 Å². The van der Waals surface area contributed by atoms with Crippen molar-refractivity contribution in [1.82, 2.24) is 4.98 Å². The maximum absolute atomic E-state index is 5.94. The number of ether oxygens (including phenoxy) is 1. The first-order chi connectivity index (χ1) is 10.8. The lowest BCUT2D eigenvalue weighted by atomic mass is 10.0. The fraction of sp³-hybridized carbons (Fsp3) is 0.278. The first-order valence-electron chi connectivity index (χ1n) is 7.61. The Balaban J connectivity index is 1.67. The van der Waals surface area contributed by atoms with E-state index in [-0.39, 0.29) is 0 Å². The molecule has 0 unspecified atom stereocenters. The van der Waals surface area contributed by atoms with Crippen LogP contribution in [0.3, 0.4) is 0 Å². The molecule has 1 atom stereocenters. The highest BCUT2D eigenvalue weighted by molar-refractivity contribution is 5.74. The van der Waals surface area contributed by atoms with Crippen molar-refractivity contribution in [2.75, 3.05) is 18.6 Å². The van der Waals surface area contributed by atoms with Crippen molar-refractivity contribution in [2.45, 2.75) is 18.9 Å². The molecule has 1 aliphatic heterocycles. The topological polar surface area (TPSA) is 38.5 Å². The van der Waals surface area contributed by atoms with Crippen LogP contribution in [0, 0.1) is 0 Å². The molecular formula is C18H18N2O2. The van der Waals surface area contributed by atoms with E-state index in [9.17, 15) is 0 Å². The van der Waals surface area contributed by atoms with Gasteiger partial charge in [0.25, 0.3) is 6.01 Å². The number of benzene rings is 2. The highest BCUT2D eigenvalue weighted by atomic mass is 16.5. The van der Waals surface area contributed by atoms with Gasteiger partial charge in [-0.1, -0.05) is 24.3 Å². The summed E-state index contributed by atoms with van der Waals surface area (Å²) >= 11 is 0. The molecule has 1 aliphatic rings. The van der Waals surface area contributed by atoms with E-state index in [1.165, 1.54) is 5.56 Å². The van der Waals surface area contributed by atoms with Crippen LogP contribution in [-0.4, -0.2) is 18.6 Å². The molecule has 3 aromatic rings. The lowest BCUT2D eigenvalue weighted by Crippen LogP contribution is -2.22. The molecule has 112 valence electrons. The highest BCUT2D eigenvalue weighted by Crippen LogP contribution is 2.37. The van der Waals surface area contributed by atoms with E-state index >= 15 is 0 Å². The van der Waals surface area contributed by atoms with Gasteiger partial charge in [0.05, 0.1) is 13.2 Å². The fourth-order valence-electron chi connectivity index (χ4n) is 3.15. The molecule has 0 spiro atoms. The second kappa shape index (κ2) is 5.37. The molecule has 0 amide bonds. The number of anilines is 1. The maximum Gasteiger partial charge on any atom is 0.298 e. The van der Waals surface area contributed by atoms with Crippen LogP contribution in [0.1, 0.15) is 24.4 Å². The van der Waals surface area contributed by atoms with Gasteiger partial charge in [0.2, 0.25) is 0 Å². The molecule has 4 nitrogen and oxygen atoms in total. The van der Waals surface area contributed by atoms with E-state index in [1.54, 1.807) is 7.11 Å². The summed E-state index contributed by atoms with van der Waals surface area (Å²) < 4.78 is 11.2. The van der Waals surface area contributed by atoms with Crippen LogP contribution in [0.4, 0.5) is 6.01 Å². The van der Waals surface area contributed by atoms with E-state index in [4.69, 9.17) is 9.15 Å². The van der Waals surface area contributed by atoms with Gasteiger partial charge in [-0.3, -0.25) is 0 Å². The molecule has 0 saturated carbocycles. The number of oxazole rings is 1. The molecular weight excluding hydrogens is 276 g/mol. The average Bonchev–Trinajstić information content (AvgIpc) is 3.21. The molecule has 2 aromatic carbocycles. The molecule has 22 heavy (non-hydrogen) atoms. The summed E-state index contributed by atoms with van der Waals surface area (Å²) in [5, 5.41) is 0. The normalized spacial score (nSPS) is 18.0. The zero-order valence-corrected chi connectivity index (χ0v) is 12.5. The van der Waals surface area contributed by atoms with E-state index in [2.05, 4.69) is 22.0 Å². The molecule has 0 radical (unpaired) electrons. The van der Waals surface area contributed by atoms with Crippen LogP contribution in [0.5, 0.6) is 5.75 Å². The molecule has 1 saturated heterocycles. The third kappa shape index (κ3) is 2.21. The Bertz CT molecular complexity index is 746. The second-order valence-electron chi connectivity index (χ2n) is 5.59. The van der Waals surface area contributed by atoms with Crippen LogP contribution in [-0.2, 0) is 0 Å². The van der Waals surface area contributed by atoms with Gasteiger partial charge in [-0.25, -0.2) is 0 Å². The number of methoxy groups -OCH3 is 1. The predicted octanol–water partition coefficient (Wildman–Crippen LogP) is 4.18. The quantitative estimate of drug-likeness (QED) is 0.726. The predicted molar refractivity (Wildman–Crippen MR) is 86.3 cm³/mol. The third-order valence-electron chi connectivity index (χ3n) is 4.28. The minimum absolute atomic E-state index is 0.318. The van der Waals surface area contributed by atoms with Crippen molar-refractivity contribution >= 4 is 17.1 Å². The van der Waals surface area contributed by atoms with Crippen LogP contribution >= 0.6 is 0 Å². The van der Waals surface area contributed by atoms with Gasteiger partial charge in [0.1, 0.15) is 11.3 Å². The minimum Gasteiger partial charge on any atom is -0.497 e. The summed E-state index contributed by atoms with van der Waals surface area (Å²) in [4.78, 5) is 6.90. The van der Waals surface area contributed by atoms with E-state index in [1.807, 2.05) is 36.4 Å². The van der Waals surface area contributed by atoms with Gasteiger partial charge in [-0.2, -0.15) is 4.98 Å². The Kier molecular flexibility index (Phi) is 3.22. The van der Waals surface area contributed by atoms with E-state index in [0.29, 0.717) is 6.04 Å². The van der Waals surface area contributed by atoms with Crippen LogP contribution < -0.4 is 9.64 Å². The van der Waals surface area contributed by atoms with Crippen molar-refractivity contribution in [3.63, 3.8) is 0 Å². The highest BCUT2D eigenvalue weighted by Gasteiger charge is 2.29. The molecule has 4 heteroatoms. The van der Waals surface area contributed by atoms with Crippen molar-refractivity contribution < 1.29 is 9.15 Å². The van der Waals surface area contributed by atoms with Gasteiger partial charge in [0, 0.05) is 6.54 Å². The maximum atomic E-state index is 5.94. The number of hydrogen-bond acceptors (Lipinski definition) is 4. The van der Waals surface area contributed by atoms with Gasteiger partial charge in [-0.05, 0) is 42.7 Å². The van der Waals surface area contributed by atoms with E-state index < -0.39 is 0 Å². The number of nitrogens with zero attached hydrogens (tertiary/aromatic N) is 2. The molecule has 0 N–H and O–H groups in total. The van der Waals surface area contributed by atoms with Crippen LogP contribution in [0.15, 0.2) is 52.9 Å². The molecule has 1 fully saturated rings. The van der Waals surface area contributed by atoms with Crippen molar-refractivity contribution in [3.05, 3.63) is 54.1 Å². The number of rotatable bonds is 3. The third-order valence-corrected chi connectivity index (χ3v) is 4.28. The Morgan fingerprint density at radius 3 is 2.73 bits per heavy atom. The molecule has 2 heterocycles. The Morgan fingerprint density at radius 1 is 1.14 bits per heavy atom. The fourth-order valence-corrected chi connectivity index (χ4v) is 3.15. The monoisotopic (exact) mass is 294 g/mol. The SMILES string of the molecule is COc1ccc([C@H]2CCCN2c2nc3ccccc3o2)cc1. The molecule has 0 bridgehead atoms. The second-order valence-corrected chi connectivity index (χ2v) is 5.59. The first-order valence-corrected chi connectivity index (χ1v) is 7.61. The average molecular weight is 294 g/mol. The zero-order chi connectivity index (χ0) is 14.9. The molecule has 4 rings (SSSR count). The Hall–Kier alpha value is -2.49. The zero-order valence-electron chi connectivity index (χ0n) is 12.5. The smallest absolute Gasteiger partial charge is 0.298 e. The number of para-hydroxylation sites is 2. The van der Waals surface area contributed by atoms with Crippen molar-refractivity contribution in [2.24, 2.45) is 0 Å². The Morgan fingerprint density at radius 2 is 1.95 bits per heavy atom. The summed E-state index contributed by atoms with van der Waals surface area (Å²) in [5.74, 6) is 0.884. The summed E-state index contributed by atoms with van der Waals surface area (Å²) in [5.41, 5.74) is 3.04. The van der Waals surface area contributed by atoms with Gasteiger partial charge >= 0.3 is 0 Å². The first kappa shape index (κ1) is 13.2. The summed E-state index contributed by atoms with van der Waals surface area (Å²) in [6, 6.07) is 17.2. The summed E-state index contributed by atoms with van der Waals surface area (Å²) in [6.07, 6.45) is 2.26. The lowest BCUT2D eigenvalue weighted by molar-refractivity contribution is 0.414. The van der Waals surface area contributed by atoms with Crippen molar-refractivity contribution in [1.29, 1.82) is 0 Å². The number of fused-ring (bicyclic) bond motifs is 1. The van der Waals surface area contributed by atoms with Gasteiger partial charge in [0.15, 0.2) is 5.58 Å². The van der Waals surface area contributed by atoms with Crippen molar-refractivity contribution in [3.8, 4) is 5.75 Å². The summed E-state index contributed by atoms with van der Waals surface area (Å²) in [6.45, 7) is 0.976. The standard InChI is InChI=1S/C18H18N2O2/c1-21-14-10-8-13(9-11-14)16-6-4-12-20(16)18-19-15-5-2-3-7-17(15)22-18/h2-3,5,7-11,16H,4,6,12H2,1H3/t16-/m1/s1. The van der Waals surface area contributed by atoms with Crippen LogP contribution in [0.2, 0.25) is 0 Å². The molecule has 1 aromatic heterocycles. The Labute approximate surface area is 129 Å². The molecule has 0 aliphatic carbocycles. The largest absolute Gasteiger partial charge is 0.497 e.